The van der Waals surface area contributed by atoms with Crippen LogP contribution in [0.4, 0.5) is 27.8 Å². The summed E-state index contributed by atoms with van der Waals surface area (Å²) in [4.78, 5) is 30.6. The fourth-order valence-corrected chi connectivity index (χ4v) is 3.09. The third-order valence-electron chi connectivity index (χ3n) is 4.62. The lowest BCUT2D eigenvalue weighted by Crippen LogP contribution is -2.41. The van der Waals surface area contributed by atoms with E-state index in [0.29, 0.717) is 36.2 Å². The minimum atomic E-state index is -0.529. The number of esters is 1. The summed E-state index contributed by atoms with van der Waals surface area (Å²) in [6.45, 7) is 0.664. The number of hydrogen-bond donors (Lipinski definition) is 3. The summed E-state index contributed by atoms with van der Waals surface area (Å²) in [6, 6.07) is 16.4. The van der Waals surface area contributed by atoms with Gasteiger partial charge in [-0.3, -0.25) is 4.90 Å². The van der Waals surface area contributed by atoms with Crippen molar-refractivity contribution in [2.24, 2.45) is 0 Å². The highest BCUT2D eigenvalue weighted by molar-refractivity contribution is 6.02. The zero-order valence-corrected chi connectivity index (χ0v) is 16.7. The molecule has 3 N–H and O–H groups in total. The Hall–Kier alpha value is -4.27. The van der Waals surface area contributed by atoms with E-state index in [9.17, 15) is 14.7 Å². The molecular weight excluding hydrogens is 400 g/mol. The first-order valence-corrected chi connectivity index (χ1v) is 9.51. The van der Waals surface area contributed by atoms with Crippen LogP contribution in [0.1, 0.15) is 10.4 Å². The molecule has 0 atom stereocenters. The molecule has 1 aliphatic heterocycles. The quantitative estimate of drug-likeness (QED) is 0.435. The van der Waals surface area contributed by atoms with Gasteiger partial charge in [0.25, 0.3) is 0 Å². The first-order chi connectivity index (χ1) is 15.0. The predicted octanol–water partition coefficient (Wildman–Crippen LogP) is 3.75. The van der Waals surface area contributed by atoms with Crippen molar-refractivity contribution < 1.29 is 24.2 Å². The normalized spacial score (nSPS) is 12.4. The number of phenols is 1. The molecule has 158 valence electrons. The molecule has 0 saturated carbocycles. The van der Waals surface area contributed by atoms with E-state index in [2.05, 4.69) is 15.6 Å². The van der Waals surface area contributed by atoms with Crippen LogP contribution in [0.15, 0.2) is 60.7 Å². The topological polar surface area (TPSA) is 113 Å². The lowest BCUT2D eigenvalue weighted by Gasteiger charge is -2.28. The number of methoxy groups -OCH3 is 1. The maximum Gasteiger partial charge on any atom is 0.337 e. The Balaban J connectivity index is 1.59. The monoisotopic (exact) mass is 420 g/mol. The van der Waals surface area contributed by atoms with Crippen molar-refractivity contribution in [3.8, 4) is 11.5 Å². The molecule has 31 heavy (non-hydrogen) atoms. The van der Waals surface area contributed by atoms with E-state index >= 15 is 0 Å². The van der Waals surface area contributed by atoms with Crippen LogP contribution < -0.4 is 20.3 Å². The second kappa shape index (κ2) is 8.62. The number of urea groups is 1. The van der Waals surface area contributed by atoms with Crippen LogP contribution in [0.3, 0.4) is 0 Å². The molecule has 2 aromatic carbocycles. The maximum atomic E-state index is 12.8. The van der Waals surface area contributed by atoms with Gasteiger partial charge in [0, 0.05) is 5.69 Å². The van der Waals surface area contributed by atoms with Gasteiger partial charge in [-0.15, -0.1) is 0 Å². The Morgan fingerprint density at radius 1 is 1.13 bits per heavy atom. The number of aromatic nitrogens is 1. The molecule has 1 aromatic heterocycles. The van der Waals surface area contributed by atoms with Crippen molar-refractivity contribution in [3.05, 3.63) is 66.2 Å². The van der Waals surface area contributed by atoms with E-state index in [0.717, 1.165) is 0 Å². The van der Waals surface area contributed by atoms with Crippen molar-refractivity contribution >= 4 is 35.0 Å². The lowest BCUT2D eigenvalue weighted by molar-refractivity contribution is 0.0600. The summed E-state index contributed by atoms with van der Waals surface area (Å²) < 4.78 is 10.3. The zero-order valence-electron chi connectivity index (χ0n) is 16.7. The molecule has 4 rings (SSSR count). The van der Waals surface area contributed by atoms with Gasteiger partial charge in [0.05, 0.1) is 24.9 Å². The fraction of sp³-hybridized carbons (Fsp3) is 0.136. The molecule has 0 saturated heterocycles. The molecule has 0 bridgehead atoms. The van der Waals surface area contributed by atoms with Crippen LogP contribution in [-0.2, 0) is 4.74 Å². The van der Waals surface area contributed by atoms with Crippen molar-refractivity contribution in [2.75, 3.05) is 35.8 Å². The van der Waals surface area contributed by atoms with Gasteiger partial charge in [0.15, 0.2) is 11.6 Å². The van der Waals surface area contributed by atoms with Crippen LogP contribution in [0.2, 0.25) is 0 Å². The largest absolute Gasteiger partial charge is 0.506 e. The van der Waals surface area contributed by atoms with Gasteiger partial charge in [-0.05, 0) is 42.5 Å². The zero-order chi connectivity index (χ0) is 21.8. The molecule has 1 aliphatic rings. The van der Waals surface area contributed by atoms with Gasteiger partial charge in [0.1, 0.15) is 18.2 Å². The second-order valence-electron chi connectivity index (χ2n) is 6.66. The van der Waals surface area contributed by atoms with E-state index in [1.165, 1.54) is 30.2 Å². The average molecular weight is 420 g/mol. The van der Waals surface area contributed by atoms with Gasteiger partial charge in [-0.2, -0.15) is 0 Å². The minimum absolute atomic E-state index is 0.0675. The Morgan fingerprint density at radius 2 is 1.94 bits per heavy atom. The van der Waals surface area contributed by atoms with Gasteiger partial charge in [0.2, 0.25) is 0 Å². The molecule has 9 nitrogen and oxygen atoms in total. The Labute approximate surface area is 178 Å². The van der Waals surface area contributed by atoms with Crippen LogP contribution >= 0.6 is 0 Å². The highest BCUT2D eigenvalue weighted by Crippen LogP contribution is 2.34. The molecule has 0 spiro atoms. The summed E-state index contributed by atoms with van der Waals surface area (Å²) in [5.74, 6) is 0.570. The van der Waals surface area contributed by atoms with E-state index in [1.807, 2.05) is 18.2 Å². The third kappa shape index (κ3) is 4.35. The summed E-state index contributed by atoms with van der Waals surface area (Å²) in [5.41, 5.74) is 1.21. The molecule has 3 aromatic rings. The van der Waals surface area contributed by atoms with E-state index < -0.39 is 5.97 Å². The smallest absolute Gasteiger partial charge is 0.337 e. The standard InChI is InChI=1S/C22H20N4O5/c1-30-21(28)14-7-8-17(27)16(13-14)24-19-10-9-18-20(25-19)26(11-12-31-18)22(29)23-15-5-3-2-4-6-15/h2-10,13,27H,11-12H2,1H3,(H,23,29)(H,24,25). The maximum absolute atomic E-state index is 12.8. The first kappa shape index (κ1) is 20.0. The van der Waals surface area contributed by atoms with Crippen molar-refractivity contribution in [1.82, 2.24) is 4.98 Å². The number of benzene rings is 2. The Morgan fingerprint density at radius 3 is 2.71 bits per heavy atom. The number of anilines is 4. The van der Waals surface area contributed by atoms with Crippen molar-refractivity contribution in [2.45, 2.75) is 0 Å². The summed E-state index contributed by atoms with van der Waals surface area (Å²) in [5, 5.41) is 16.0. The number of ether oxygens (including phenoxy) is 2. The first-order valence-electron chi connectivity index (χ1n) is 9.51. The third-order valence-corrected chi connectivity index (χ3v) is 4.62. The number of para-hydroxylation sites is 1. The average Bonchev–Trinajstić information content (AvgIpc) is 2.80. The number of amides is 2. The summed E-state index contributed by atoms with van der Waals surface area (Å²) in [7, 11) is 1.28. The lowest BCUT2D eigenvalue weighted by atomic mass is 10.2. The highest BCUT2D eigenvalue weighted by atomic mass is 16.5. The van der Waals surface area contributed by atoms with Crippen LogP contribution in [0.5, 0.6) is 11.5 Å². The highest BCUT2D eigenvalue weighted by Gasteiger charge is 2.26. The number of phenolic OH excluding ortho intramolecular Hbond substituents is 1. The van der Waals surface area contributed by atoms with E-state index in [1.54, 1.807) is 24.3 Å². The Bertz CT molecular complexity index is 1120. The van der Waals surface area contributed by atoms with E-state index in [-0.39, 0.29) is 23.0 Å². The molecule has 0 radical (unpaired) electrons. The number of carbonyl (C=O) groups excluding carboxylic acids is 2. The molecule has 2 amide bonds. The number of aromatic hydroxyl groups is 1. The second-order valence-corrected chi connectivity index (χ2v) is 6.66. The number of hydrogen-bond acceptors (Lipinski definition) is 7. The van der Waals surface area contributed by atoms with E-state index in [4.69, 9.17) is 9.47 Å². The minimum Gasteiger partial charge on any atom is -0.506 e. The van der Waals surface area contributed by atoms with Gasteiger partial charge >= 0.3 is 12.0 Å². The number of nitrogens with one attached hydrogen (secondary N) is 2. The summed E-state index contributed by atoms with van der Waals surface area (Å²) >= 11 is 0. The van der Waals surface area contributed by atoms with Crippen LogP contribution in [-0.4, -0.2) is 42.4 Å². The predicted molar refractivity (Wildman–Crippen MR) is 115 cm³/mol. The van der Waals surface area contributed by atoms with Crippen LogP contribution in [0, 0.1) is 0 Å². The molecule has 0 fully saturated rings. The number of fused-ring (bicyclic) bond motifs is 1. The van der Waals surface area contributed by atoms with Gasteiger partial charge in [-0.1, -0.05) is 18.2 Å². The number of pyridine rings is 1. The molecule has 2 heterocycles. The van der Waals surface area contributed by atoms with Crippen molar-refractivity contribution in [1.29, 1.82) is 0 Å². The van der Waals surface area contributed by atoms with Crippen molar-refractivity contribution in [3.63, 3.8) is 0 Å². The van der Waals surface area contributed by atoms with Crippen LogP contribution in [0.25, 0.3) is 0 Å². The molecular formula is C22H20N4O5. The number of carbonyl (C=O) groups is 2. The summed E-state index contributed by atoms with van der Waals surface area (Å²) in [6.07, 6.45) is 0. The SMILES string of the molecule is COC(=O)c1ccc(O)c(Nc2ccc3c(n2)N(C(=O)Nc2ccccc2)CCO3)c1. The Kier molecular flexibility index (Phi) is 5.57. The molecule has 0 aliphatic carbocycles. The molecule has 9 heteroatoms. The number of rotatable bonds is 4. The fourth-order valence-electron chi connectivity index (χ4n) is 3.09. The van der Waals surface area contributed by atoms with Gasteiger partial charge in [-0.25, -0.2) is 14.6 Å². The van der Waals surface area contributed by atoms with Gasteiger partial charge < -0.3 is 25.2 Å². The molecule has 0 unspecified atom stereocenters. The number of nitrogens with zero attached hydrogens (tertiary/aromatic N) is 2.